The second-order valence-electron chi connectivity index (χ2n) is 5.54. The van der Waals surface area contributed by atoms with Gasteiger partial charge >= 0.3 is 5.97 Å². The highest BCUT2D eigenvalue weighted by Gasteiger charge is 2.36. The zero-order valence-electron chi connectivity index (χ0n) is 13.5. The molecular weight excluding hydrogens is 380 g/mol. The number of nitrogens with one attached hydrogen (secondary N) is 1. The highest BCUT2D eigenvalue weighted by atomic mass is 79.9. The largest absolute Gasteiger partial charge is 0.466 e. The molecule has 1 aliphatic heterocycles. The predicted octanol–water partition coefficient (Wildman–Crippen LogP) is 2.11. The number of nitrogens with zero attached hydrogens (tertiary/aromatic N) is 1. The first-order valence-electron chi connectivity index (χ1n) is 8.02. The van der Waals surface area contributed by atoms with Gasteiger partial charge in [0.05, 0.1) is 13.0 Å². The standard InChI is InChI=1S/C16H21BrN2O5/c1-2-3-4-9-23-14(20)10-11-15(21)18-7-8-19(11)16(22)12-5-6-13(17)24-12/h5-6,11H,2-4,7-10H2,1H3,(H,18,21). The molecule has 0 spiro atoms. The van der Waals surface area contributed by atoms with E-state index < -0.39 is 17.9 Å². The zero-order valence-corrected chi connectivity index (χ0v) is 15.1. The Kier molecular flexibility index (Phi) is 6.84. The van der Waals surface area contributed by atoms with Crippen molar-refractivity contribution in [2.75, 3.05) is 19.7 Å². The van der Waals surface area contributed by atoms with E-state index in [1.807, 2.05) is 0 Å². The van der Waals surface area contributed by atoms with Crippen molar-refractivity contribution in [3.8, 4) is 0 Å². The topological polar surface area (TPSA) is 88.9 Å². The first kappa shape index (κ1) is 18.5. The lowest BCUT2D eigenvalue weighted by Crippen LogP contribution is -2.57. The number of carbonyl (C=O) groups excluding carboxylic acids is 3. The summed E-state index contributed by atoms with van der Waals surface area (Å²) in [6.07, 6.45) is 2.65. The number of ether oxygens (including phenoxy) is 1. The van der Waals surface area contributed by atoms with E-state index in [-0.39, 0.29) is 18.1 Å². The van der Waals surface area contributed by atoms with Crippen molar-refractivity contribution >= 4 is 33.7 Å². The summed E-state index contributed by atoms with van der Waals surface area (Å²) in [6, 6.07) is 2.25. The van der Waals surface area contributed by atoms with Crippen molar-refractivity contribution in [1.29, 1.82) is 0 Å². The van der Waals surface area contributed by atoms with E-state index in [2.05, 4.69) is 28.2 Å². The maximum Gasteiger partial charge on any atom is 0.308 e. The molecule has 0 radical (unpaired) electrons. The van der Waals surface area contributed by atoms with Crippen molar-refractivity contribution in [3.05, 3.63) is 22.6 Å². The molecule has 8 heteroatoms. The van der Waals surface area contributed by atoms with Gasteiger partial charge < -0.3 is 19.4 Å². The second kappa shape index (κ2) is 8.86. The van der Waals surface area contributed by atoms with Crippen molar-refractivity contribution < 1.29 is 23.5 Å². The number of rotatable bonds is 7. The smallest absolute Gasteiger partial charge is 0.308 e. The molecule has 1 fully saturated rings. The molecule has 132 valence electrons. The molecule has 7 nitrogen and oxygen atoms in total. The van der Waals surface area contributed by atoms with Crippen LogP contribution in [0.5, 0.6) is 0 Å². The fraction of sp³-hybridized carbons (Fsp3) is 0.562. The molecule has 2 amide bonds. The summed E-state index contributed by atoms with van der Waals surface area (Å²) in [5.74, 6) is -1.13. The van der Waals surface area contributed by atoms with Gasteiger partial charge in [-0.15, -0.1) is 0 Å². The van der Waals surface area contributed by atoms with Crippen molar-refractivity contribution in [2.45, 2.75) is 38.6 Å². The molecular formula is C16H21BrN2O5. The molecule has 1 aromatic rings. The van der Waals surface area contributed by atoms with E-state index in [9.17, 15) is 14.4 Å². The number of carbonyl (C=O) groups is 3. The Balaban J connectivity index is 1.99. The Bertz CT molecular complexity index is 601. The molecule has 1 N–H and O–H groups in total. The number of hydrogen-bond acceptors (Lipinski definition) is 5. The van der Waals surface area contributed by atoms with Gasteiger partial charge in [-0.3, -0.25) is 14.4 Å². The monoisotopic (exact) mass is 400 g/mol. The highest BCUT2D eigenvalue weighted by Crippen LogP contribution is 2.19. The molecule has 0 bridgehead atoms. The summed E-state index contributed by atoms with van der Waals surface area (Å²) < 4.78 is 10.8. The summed E-state index contributed by atoms with van der Waals surface area (Å²) in [4.78, 5) is 37.9. The Morgan fingerprint density at radius 3 is 2.88 bits per heavy atom. The van der Waals surface area contributed by atoms with Crippen molar-refractivity contribution in [1.82, 2.24) is 10.2 Å². The van der Waals surface area contributed by atoms with Crippen LogP contribution in [0, 0.1) is 0 Å². The van der Waals surface area contributed by atoms with Crippen LogP contribution in [0.3, 0.4) is 0 Å². The van der Waals surface area contributed by atoms with E-state index in [0.717, 1.165) is 19.3 Å². The van der Waals surface area contributed by atoms with Crippen LogP contribution in [0.25, 0.3) is 0 Å². The van der Waals surface area contributed by atoms with Crippen LogP contribution < -0.4 is 5.32 Å². The van der Waals surface area contributed by atoms with Gasteiger partial charge in [-0.05, 0) is 34.5 Å². The van der Waals surface area contributed by atoms with Gasteiger partial charge in [-0.25, -0.2) is 0 Å². The Morgan fingerprint density at radius 2 is 2.21 bits per heavy atom. The first-order valence-corrected chi connectivity index (χ1v) is 8.82. The fourth-order valence-electron chi connectivity index (χ4n) is 2.49. The minimum absolute atomic E-state index is 0.123. The summed E-state index contributed by atoms with van der Waals surface area (Å²) >= 11 is 3.14. The van der Waals surface area contributed by atoms with Crippen LogP contribution in [-0.2, 0) is 14.3 Å². The SMILES string of the molecule is CCCCCOC(=O)CC1C(=O)NCCN1C(=O)c1ccc(Br)o1. The molecule has 1 aliphatic rings. The quantitative estimate of drug-likeness (QED) is 0.559. The minimum atomic E-state index is -0.881. The number of amides is 2. The lowest BCUT2D eigenvalue weighted by Gasteiger charge is -2.33. The third-order valence-electron chi connectivity index (χ3n) is 3.75. The molecule has 0 aromatic carbocycles. The van der Waals surface area contributed by atoms with E-state index >= 15 is 0 Å². The third kappa shape index (κ3) is 4.83. The van der Waals surface area contributed by atoms with E-state index in [1.54, 1.807) is 6.07 Å². The van der Waals surface area contributed by atoms with Crippen LogP contribution >= 0.6 is 15.9 Å². The maximum atomic E-state index is 12.5. The lowest BCUT2D eigenvalue weighted by molar-refractivity contribution is -0.147. The van der Waals surface area contributed by atoms with Crippen LogP contribution in [0.1, 0.15) is 43.2 Å². The van der Waals surface area contributed by atoms with Gasteiger partial charge in [0, 0.05) is 13.1 Å². The van der Waals surface area contributed by atoms with Gasteiger partial charge in [0.2, 0.25) is 5.91 Å². The maximum absolute atomic E-state index is 12.5. The Morgan fingerprint density at radius 1 is 1.42 bits per heavy atom. The molecule has 24 heavy (non-hydrogen) atoms. The van der Waals surface area contributed by atoms with E-state index in [0.29, 0.717) is 24.4 Å². The second-order valence-corrected chi connectivity index (χ2v) is 6.32. The molecule has 0 aliphatic carbocycles. The van der Waals surface area contributed by atoms with Gasteiger partial charge in [0.25, 0.3) is 5.91 Å². The van der Waals surface area contributed by atoms with Gasteiger partial charge in [0.1, 0.15) is 6.04 Å². The number of unbranched alkanes of at least 4 members (excludes halogenated alkanes) is 2. The molecule has 1 atom stereocenters. The van der Waals surface area contributed by atoms with Crippen LogP contribution in [0.4, 0.5) is 0 Å². The van der Waals surface area contributed by atoms with E-state index in [4.69, 9.17) is 9.15 Å². The average Bonchev–Trinajstić information content (AvgIpc) is 2.99. The normalized spacial score (nSPS) is 17.5. The van der Waals surface area contributed by atoms with Crippen molar-refractivity contribution in [3.63, 3.8) is 0 Å². The highest BCUT2D eigenvalue weighted by molar-refractivity contribution is 9.10. The van der Waals surface area contributed by atoms with Crippen LogP contribution in [-0.4, -0.2) is 48.4 Å². The predicted molar refractivity (Wildman–Crippen MR) is 89.3 cm³/mol. The number of furan rings is 1. The summed E-state index contributed by atoms with van der Waals surface area (Å²) in [6.45, 7) is 3.05. The fourth-order valence-corrected chi connectivity index (χ4v) is 2.79. The number of piperazine rings is 1. The average molecular weight is 401 g/mol. The number of esters is 1. The van der Waals surface area contributed by atoms with Gasteiger partial charge in [-0.2, -0.15) is 0 Å². The summed E-state index contributed by atoms with van der Waals surface area (Å²) in [7, 11) is 0. The number of halogens is 1. The number of hydrogen-bond donors (Lipinski definition) is 1. The molecule has 1 aromatic heterocycles. The van der Waals surface area contributed by atoms with Crippen LogP contribution in [0.2, 0.25) is 0 Å². The van der Waals surface area contributed by atoms with E-state index in [1.165, 1.54) is 11.0 Å². The molecule has 0 saturated carbocycles. The summed E-state index contributed by atoms with van der Waals surface area (Å²) in [5, 5.41) is 2.67. The molecule has 2 heterocycles. The van der Waals surface area contributed by atoms with Gasteiger partial charge in [0.15, 0.2) is 10.4 Å². The Hall–Kier alpha value is -1.83. The Labute approximate surface area is 148 Å². The summed E-state index contributed by atoms with van der Waals surface area (Å²) in [5.41, 5.74) is 0. The van der Waals surface area contributed by atoms with Crippen LogP contribution in [0.15, 0.2) is 21.2 Å². The lowest BCUT2D eigenvalue weighted by atomic mass is 10.1. The zero-order chi connectivity index (χ0) is 17.5. The van der Waals surface area contributed by atoms with Crippen molar-refractivity contribution in [2.24, 2.45) is 0 Å². The molecule has 1 saturated heterocycles. The third-order valence-corrected chi connectivity index (χ3v) is 4.17. The minimum Gasteiger partial charge on any atom is -0.466 e. The first-order chi connectivity index (χ1) is 11.5. The molecule has 2 rings (SSSR count). The molecule has 1 unspecified atom stereocenters. The van der Waals surface area contributed by atoms with Gasteiger partial charge in [-0.1, -0.05) is 19.8 Å².